The lowest BCUT2D eigenvalue weighted by molar-refractivity contribution is -0.123. The molecule has 1 amide bonds. The second-order valence-electron chi connectivity index (χ2n) is 7.95. The van der Waals surface area contributed by atoms with Gasteiger partial charge >= 0.3 is 0 Å². The molecule has 4 rings (SSSR count). The molecule has 0 aliphatic carbocycles. The smallest absolute Gasteiger partial charge is 0.257 e. The predicted molar refractivity (Wildman–Crippen MR) is 133 cm³/mol. The van der Waals surface area contributed by atoms with Crippen LogP contribution in [0, 0.1) is 0 Å². The monoisotopic (exact) mass is 461 g/mol. The van der Waals surface area contributed by atoms with Crippen molar-refractivity contribution in [2.75, 3.05) is 13.2 Å². The fourth-order valence-corrected chi connectivity index (χ4v) is 3.98. The second kappa shape index (κ2) is 11.5. The zero-order valence-corrected chi connectivity index (χ0v) is 19.3. The van der Waals surface area contributed by atoms with Gasteiger partial charge in [-0.3, -0.25) is 4.79 Å². The van der Waals surface area contributed by atoms with E-state index >= 15 is 0 Å². The van der Waals surface area contributed by atoms with Crippen molar-refractivity contribution in [1.82, 2.24) is 14.9 Å². The number of carbonyl (C=O) groups excluding carboxylic acids is 1. The minimum Gasteiger partial charge on any atom is -0.484 e. The number of halogens is 1. The van der Waals surface area contributed by atoms with Crippen molar-refractivity contribution in [2.45, 2.75) is 32.2 Å². The summed E-state index contributed by atoms with van der Waals surface area (Å²) >= 11 is 5.86. The van der Waals surface area contributed by atoms with Gasteiger partial charge in [-0.25, -0.2) is 4.98 Å². The zero-order valence-electron chi connectivity index (χ0n) is 18.5. The number of aryl methyl sites for hydroxylation is 3. The van der Waals surface area contributed by atoms with Crippen molar-refractivity contribution in [3.63, 3.8) is 0 Å². The van der Waals surface area contributed by atoms with Gasteiger partial charge in [0, 0.05) is 24.5 Å². The van der Waals surface area contributed by atoms with Gasteiger partial charge in [-0.1, -0.05) is 54.1 Å². The topological polar surface area (TPSA) is 56.1 Å². The standard InChI is InChI=1S/C27H28ClN3O2/c28-22-14-16-23(17-15-22)33-20-27(32)29-18-6-13-26-30-24-11-4-5-12-25(24)31(26)19-7-10-21-8-2-1-3-9-21/h1-5,8-9,11-12,14-17H,6-7,10,13,18-20H2,(H,29,32). The van der Waals surface area contributed by atoms with Crippen LogP contribution in [0.2, 0.25) is 5.02 Å². The summed E-state index contributed by atoms with van der Waals surface area (Å²) in [5.41, 5.74) is 3.54. The molecule has 0 fully saturated rings. The molecule has 6 heteroatoms. The number of nitrogens with one attached hydrogen (secondary N) is 1. The van der Waals surface area contributed by atoms with E-state index in [4.69, 9.17) is 21.3 Å². The van der Waals surface area contributed by atoms with E-state index < -0.39 is 0 Å². The minimum atomic E-state index is -0.138. The van der Waals surface area contributed by atoms with Crippen LogP contribution in [-0.4, -0.2) is 28.6 Å². The second-order valence-corrected chi connectivity index (χ2v) is 8.39. The third-order valence-electron chi connectivity index (χ3n) is 5.51. The highest BCUT2D eigenvalue weighted by Gasteiger charge is 2.11. The van der Waals surface area contributed by atoms with Gasteiger partial charge in [-0.15, -0.1) is 0 Å². The van der Waals surface area contributed by atoms with Crippen molar-refractivity contribution in [3.05, 3.63) is 95.3 Å². The molecule has 0 aliphatic heterocycles. The van der Waals surface area contributed by atoms with Gasteiger partial charge in [0.25, 0.3) is 5.91 Å². The molecular formula is C27H28ClN3O2. The molecule has 0 radical (unpaired) electrons. The van der Waals surface area contributed by atoms with E-state index in [1.807, 2.05) is 12.1 Å². The Morgan fingerprint density at radius 3 is 2.48 bits per heavy atom. The molecule has 33 heavy (non-hydrogen) atoms. The summed E-state index contributed by atoms with van der Waals surface area (Å²) in [7, 11) is 0. The van der Waals surface area contributed by atoms with Crippen molar-refractivity contribution in [3.8, 4) is 5.75 Å². The lowest BCUT2D eigenvalue weighted by Crippen LogP contribution is -2.30. The van der Waals surface area contributed by atoms with Gasteiger partial charge in [0.2, 0.25) is 0 Å². The van der Waals surface area contributed by atoms with Gasteiger partial charge in [0.15, 0.2) is 6.61 Å². The van der Waals surface area contributed by atoms with Crippen LogP contribution in [0.15, 0.2) is 78.9 Å². The van der Waals surface area contributed by atoms with Gasteiger partial charge in [0.1, 0.15) is 11.6 Å². The molecule has 0 atom stereocenters. The van der Waals surface area contributed by atoms with E-state index in [2.05, 4.69) is 52.3 Å². The van der Waals surface area contributed by atoms with Crippen molar-refractivity contribution in [1.29, 1.82) is 0 Å². The Kier molecular flexibility index (Phi) is 7.99. The average Bonchev–Trinajstić information content (AvgIpc) is 3.19. The molecular weight excluding hydrogens is 434 g/mol. The normalized spacial score (nSPS) is 10.9. The number of para-hydroxylation sites is 2. The number of ether oxygens (including phenoxy) is 1. The Balaban J connectivity index is 1.27. The van der Waals surface area contributed by atoms with Crippen LogP contribution >= 0.6 is 11.6 Å². The van der Waals surface area contributed by atoms with E-state index in [0.29, 0.717) is 17.3 Å². The SMILES string of the molecule is O=C(COc1ccc(Cl)cc1)NCCCc1nc2ccccc2n1CCCc1ccccc1. The van der Waals surface area contributed by atoms with E-state index in [0.717, 1.165) is 43.6 Å². The summed E-state index contributed by atoms with van der Waals surface area (Å²) in [6.07, 6.45) is 3.71. The minimum absolute atomic E-state index is 0.0143. The summed E-state index contributed by atoms with van der Waals surface area (Å²) in [5, 5.41) is 3.56. The maximum atomic E-state index is 12.1. The number of imidazole rings is 1. The quantitative estimate of drug-likeness (QED) is 0.302. The van der Waals surface area contributed by atoms with Crippen LogP contribution in [0.25, 0.3) is 11.0 Å². The lowest BCUT2D eigenvalue weighted by atomic mass is 10.1. The maximum Gasteiger partial charge on any atom is 0.257 e. The highest BCUT2D eigenvalue weighted by molar-refractivity contribution is 6.30. The summed E-state index contributed by atoms with van der Waals surface area (Å²) in [6, 6.07) is 25.8. The van der Waals surface area contributed by atoms with Gasteiger partial charge in [-0.2, -0.15) is 0 Å². The first kappa shape index (κ1) is 22.9. The first-order chi connectivity index (χ1) is 16.2. The number of nitrogens with zero attached hydrogens (tertiary/aromatic N) is 2. The van der Waals surface area contributed by atoms with Crippen LogP contribution in [0.4, 0.5) is 0 Å². The Hall–Kier alpha value is -3.31. The molecule has 4 aromatic rings. The Morgan fingerprint density at radius 1 is 0.909 bits per heavy atom. The first-order valence-corrected chi connectivity index (χ1v) is 11.7. The van der Waals surface area contributed by atoms with Crippen LogP contribution in [-0.2, 0) is 24.2 Å². The molecule has 0 saturated heterocycles. The highest BCUT2D eigenvalue weighted by atomic mass is 35.5. The third-order valence-corrected chi connectivity index (χ3v) is 5.76. The molecule has 0 saturated carbocycles. The predicted octanol–water partition coefficient (Wildman–Crippen LogP) is 5.45. The van der Waals surface area contributed by atoms with Crippen LogP contribution in [0.5, 0.6) is 5.75 Å². The summed E-state index contributed by atoms with van der Waals surface area (Å²) in [4.78, 5) is 16.9. The molecule has 0 bridgehead atoms. The maximum absolute atomic E-state index is 12.1. The molecule has 1 N–H and O–H groups in total. The molecule has 170 valence electrons. The average molecular weight is 462 g/mol. The van der Waals surface area contributed by atoms with Crippen LogP contribution in [0.3, 0.4) is 0 Å². The van der Waals surface area contributed by atoms with E-state index in [-0.39, 0.29) is 12.5 Å². The molecule has 1 heterocycles. The van der Waals surface area contributed by atoms with Gasteiger partial charge in [0.05, 0.1) is 11.0 Å². The first-order valence-electron chi connectivity index (χ1n) is 11.3. The van der Waals surface area contributed by atoms with Crippen molar-refractivity contribution >= 4 is 28.5 Å². The van der Waals surface area contributed by atoms with E-state index in [1.54, 1.807) is 24.3 Å². The summed E-state index contributed by atoms with van der Waals surface area (Å²) in [6.45, 7) is 1.49. The van der Waals surface area contributed by atoms with Crippen LogP contribution < -0.4 is 10.1 Å². The molecule has 5 nitrogen and oxygen atoms in total. The molecule has 0 aliphatic rings. The highest BCUT2D eigenvalue weighted by Crippen LogP contribution is 2.19. The summed E-state index contributed by atoms with van der Waals surface area (Å²) in [5.74, 6) is 1.55. The molecule has 1 aromatic heterocycles. The number of hydrogen-bond acceptors (Lipinski definition) is 3. The van der Waals surface area contributed by atoms with Crippen LogP contribution in [0.1, 0.15) is 24.2 Å². The number of amides is 1. The Labute approximate surface area is 199 Å². The van der Waals surface area contributed by atoms with E-state index in [9.17, 15) is 4.79 Å². The summed E-state index contributed by atoms with van der Waals surface area (Å²) < 4.78 is 7.81. The van der Waals surface area contributed by atoms with Crippen molar-refractivity contribution < 1.29 is 9.53 Å². The molecule has 3 aromatic carbocycles. The molecule has 0 spiro atoms. The van der Waals surface area contributed by atoms with Gasteiger partial charge < -0.3 is 14.6 Å². The number of hydrogen-bond donors (Lipinski definition) is 1. The number of aromatic nitrogens is 2. The zero-order chi connectivity index (χ0) is 22.9. The number of carbonyl (C=O) groups is 1. The third kappa shape index (κ3) is 6.59. The lowest BCUT2D eigenvalue weighted by Gasteiger charge is -2.10. The van der Waals surface area contributed by atoms with E-state index in [1.165, 1.54) is 11.1 Å². The number of rotatable bonds is 11. The van der Waals surface area contributed by atoms with Gasteiger partial charge in [-0.05, 0) is 61.2 Å². The van der Waals surface area contributed by atoms with Crippen molar-refractivity contribution in [2.24, 2.45) is 0 Å². The Bertz CT molecular complexity index is 1170. The number of benzene rings is 3. The fourth-order valence-electron chi connectivity index (χ4n) is 3.86. The fraction of sp³-hybridized carbons (Fsp3) is 0.259. The Morgan fingerprint density at radius 2 is 1.67 bits per heavy atom. The number of fused-ring (bicyclic) bond motifs is 1. The largest absolute Gasteiger partial charge is 0.484 e. The molecule has 0 unspecified atom stereocenters.